The molecule has 1 N–H and O–H groups in total. The van der Waals surface area contributed by atoms with Crippen molar-refractivity contribution in [1.29, 1.82) is 0 Å². The zero-order valence-electron chi connectivity index (χ0n) is 18.0. The SMILES string of the molecule is Cc1noc(C)c1S(=O)(=O)N1CCCC(C(=O)Nc2ccc(Sc3nncn3C)cc2)C1. The van der Waals surface area contributed by atoms with E-state index in [1.165, 1.54) is 16.1 Å². The van der Waals surface area contributed by atoms with Crippen LogP contribution in [0.3, 0.4) is 0 Å². The lowest BCUT2D eigenvalue weighted by molar-refractivity contribution is -0.120. The van der Waals surface area contributed by atoms with E-state index in [-0.39, 0.29) is 23.1 Å². The fourth-order valence-electron chi connectivity index (χ4n) is 3.67. The molecule has 1 aliphatic rings. The van der Waals surface area contributed by atoms with Gasteiger partial charge in [0.25, 0.3) is 0 Å². The molecular formula is C20H24N6O4S2. The largest absolute Gasteiger partial charge is 0.360 e. The number of nitrogens with one attached hydrogen (secondary N) is 1. The molecule has 1 unspecified atom stereocenters. The molecule has 10 nitrogen and oxygen atoms in total. The average molecular weight is 477 g/mol. The Balaban J connectivity index is 1.41. The molecule has 1 aliphatic heterocycles. The van der Waals surface area contributed by atoms with Gasteiger partial charge in [-0.25, -0.2) is 8.42 Å². The number of anilines is 1. The summed E-state index contributed by atoms with van der Waals surface area (Å²) in [5.41, 5.74) is 0.983. The first-order chi connectivity index (χ1) is 15.3. The molecule has 170 valence electrons. The third kappa shape index (κ3) is 4.57. The molecule has 1 aromatic carbocycles. The summed E-state index contributed by atoms with van der Waals surface area (Å²) in [7, 11) is -1.90. The highest BCUT2D eigenvalue weighted by Gasteiger charge is 2.36. The second-order valence-corrected chi connectivity index (χ2v) is 10.6. The average Bonchev–Trinajstić information content (AvgIpc) is 3.34. The highest BCUT2D eigenvalue weighted by molar-refractivity contribution is 7.99. The molecule has 1 atom stereocenters. The van der Waals surface area contributed by atoms with Crippen LogP contribution in [-0.4, -0.2) is 51.6 Å². The molecule has 0 aliphatic carbocycles. The molecular weight excluding hydrogens is 452 g/mol. The van der Waals surface area contributed by atoms with Gasteiger partial charge in [0.1, 0.15) is 16.9 Å². The van der Waals surface area contributed by atoms with E-state index >= 15 is 0 Å². The van der Waals surface area contributed by atoms with Crippen molar-refractivity contribution in [3.63, 3.8) is 0 Å². The van der Waals surface area contributed by atoms with Crippen molar-refractivity contribution in [2.45, 2.75) is 41.6 Å². The van der Waals surface area contributed by atoms with Crippen LogP contribution in [0.2, 0.25) is 0 Å². The maximum atomic E-state index is 13.1. The minimum Gasteiger partial charge on any atom is -0.360 e. The van der Waals surface area contributed by atoms with Crippen molar-refractivity contribution in [2.24, 2.45) is 13.0 Å². The van der Waals surface area contributed by atoms with Crippen LogP contribution >= 0.6 is 11.8 Å². The summed E-state index contributed by atoms with van der Waals surface area (Å²) in [6, 6.07) is 7.42. The van der Waals surface area contributed by atoms with Crippen LogP contribution in [0, 0.1) is 19.8 Å². The van der Waals surface area contributed by atoms with Gasteiger partial charge in [0.2, 0.25) is 15.9 Å². The first-order valence-corrected chi connectivity index (χ1v) is 12.4. The number of benzene rings is 1. The summed E-state index contributed by atoms with van der Waals surface area (Å²) >= 11 is 1.47. The van der Waals surface area contributed by atoms with Crippen LogP contribution in [0.25, 0.3) is 0 Å². The minimum atomic E-state index is -3.77. The number of carbonyl (C=O) groups excluding carboxylic acids is 1. The van der Waals surface area contributed by atoms with Crippen molar-refractivity contribution < 1.29 is 17.7 Å². The molecule has 12 heteroatoms. The standard InChI is InChI=1S/C20H24N6O4S2/c1-13-18(14(2)30-24-13)32(28,29)26-10-4-5-15(11-26)19(27)22-16-6-8-17(9-7-16)31-20-23-21-12-25(20)3/h6-9,12,15H,4-5,10-11H2,1-3H3,(H,22,27). The summed E-state index contributed by atoms with van der Waals surface area (Å²) in [6.45, 7) is 3.67. The second-order valence-electron chi connectivity index (χ2n) is 7.70. The van der Waals surface area contributed by atoms with Crippen molar-refractivity contribution in [3.8, 4) is 0 Å². The first-order valence-electron chi connectivity index (χ1n) is 10.1. The monoisotopic (exact) mass is 476 g/mol. The molecule has 3 heterocycles. The van der Waals surface area contributed by atoms with E-state index in [9.17, 15) is 13.2 Å². The number of nitrogens with zero attached hydrogens (tertiary/aromatic N) is 5. The van der Waals surface area contributed by atoms with Crippen LogP contribution in [0.1, 0.15) is 24.3 Å². The topological polar surface area (TPSA) is 123 Å². The van der Waals surface area contributed by atoms with Crippen LogP contribution in [0.15, 0.2) is 50.1 Å². The van der Waals surface area contributed by atoms with Gasteiger partial charge in [-0.3, -0.25) is 4.79 Å². The maximum absolute atomic E-state index is 13.1. The Morgan fingerprint density at radius 3 is 2.62 bits per heavy atom. The Hall–Kier alpha value is -2.70. The maximum Gasteiger partial charge on any atom is 0.248 e. The number of rotatable bonds is 6. The number of sulfonamides is 1. The molecule has 0 saturated carbocycles. The summed E-state index contributed by atoms with van der Waals surface area (Å²) in [6.07, 6.45) is 2.86. The highest BCUT2D eigenvalue weighted by Crippen LogP contribution is 2.29. The molecule has 32 heavy (non-hydrogen) atoms. The van der Waals surface area contributed by atoms with Crippen molar-refractivity contribution in [3.05, 3.63) is 42.0 Å². The van der Waals surface area contributed by atoms with Gasteiger partial charge in [0, 0.05) is 30.7 Å². The van der Waals surface area contributed by atoms with Gasteiger partial charge in [-0.15, -0.1) is 10.2 Å². The quantitative estimate of drug-likeness (QED) is 0.576. The van der Waals surface area contributed by atoms with Crippen LogP contribution in [-0.2, 0) is 21.9 Å². The fourth-order valence-corrected chi connectivity index (χ4v) is 6.24. The number of piperidine rings is 1. The Bertz CT molecular complexity index is 1200. The van der Waals surface area contributed by atoms with E-state index in [1.54, 1.807) is 20.2 Å². The zero-order chi connectivity index (χ0) is 22.9. The molecule has 0 spiro atoms. The Labute approximate surface area is 190 Å². The number of carbonyl (C=O) groups is 1. The second kappa shape index (κ2) is 9.04. The van der Waals surface area contributed by atoms with Crippen LogP contribution in [0.5, 0.6) is 0 Å². The summed E-state index contributed by atoms with van der Waals surface area (Å²) < 4.78 is 34.4. The zero-order valence-corrected chi connectivity index (χ0v) is 19.6. The van der Waals surface area contributed by atoms with Gasteiger partial charge in [-0.2, -0.15) is 4.31 Å². The van der Waals surface area contributed by atoms with E-state index in [1.807, 2.05) is 35.9 Å². The third-order valence-corrected chi connectivity index (χ3v) is 8.49. The highest BCUT2D eigenvalue weighted by atomic mass is 32.2. The van der Waals surface area contributed by atoms with Crippen LogP contribution < -0.4 is 5.32 Å². The molecule has 1 amide bonds. The number of amides is 1. The van der Waals surface area contributed by atoms with Gasteiger partial charge in [0.05, 0.1) is 5.92 Å². The predicted octanol–water partition coefficient (Wildman–Crippen LogP) is 2.61. The number of hydrogen-bond acceptors (Lipinski definition) is 8. The summed E-state index contributed by atoms with van der Waals surface area (Å²) in [5.74, 6) is -0.377. The molecule has 1 fully saturated rings. The first kappa shape index (κ1) is 22.5. The molecule has 1 saturated heterocycles. The fraction of sp³-hybridized carbons (Fsp3) is 0.400. The van der Waals surface area contributed by atoms with Gasteiger partial charge < -0.3 is 14.4 Å². The Kier molecular flexibility index (Phi) is 6.35. The molecule has 0 bridgehead atoms. The molecule has 4 rings (SSSR count). The van der Waals surface area contributed by atoms with E-state index in [2.05, 4.69) is 20.7 Å². The predicted molar refractivity (Wildman–Crippen MR) is 118 cm³/mol. The van der Waals surface area contributed by atoms with Gasteiger partial charge >= 0.3 is 0 Å². The molecule has 2 aromatic heterocycles. The Morgan fingerprint density at radius 2 is 2.00 bits per heavy atom. The Morgan fingerprint density at radius 1 is 1.25 bits per heavy atom. The summed E-state index contributed by atoms with van der Waals surface area (Å²) in [5, 5.41) is 15.3. The smallest absolute Gasteiger partial charge is 0.248 e. The molecule has 0 radical (unpaired) electrons. The van der Waals surface area contributed by atoms with E-state index in [4.69, 9.17) is 4.52 Å². The normalized spacial score (nSPS) is 17.4. The van der Waals surface area contributed by atoms with Gasteiger partial charge in [-0.05, 0) is 62.7 Å². The van der Waals surface area contributed by atoms with Gasteiger partial charge in [-0.1, -0.05) is 5.16 Å². The molecule has 3 aromatic rings. The number of aryl methyl sites for hydroxylation is 3. The lowest BCUT2D eigenvalue weighted by atomic mass is 9.99. The summed E-state index contributed by atoms with van der Waals surface area (Å²) in [4.78, 5) is 13.9. The van der Waals surface area contributed by atoms with Gasteiger partial charge in [0.15, 0.2) is 10.9 Å². The lowest BCUT2D eigenvalue weighted by Crippen LogP contribution is -2.43. The van der Waals surface area contributed by atoms with Crippen molar-refractivity contribution in [2.75, 3.05) is 18.4 Å². The number of hydrogen-bond donors (Lipinski definition) is 1. The van der Waals surface area contributed by atoms with Crippen molar-refractivity contribution >= 4 is 33.4 Å². The minimum absolute atomic E-state index is 0.0922. The number of aromatic nitrogens is 4. The van der Waals surface area contributed by atoms with Crippen molar-refractivity contribution in [1.82, 2.24) is 24.2 Å². The van der Waals surface area contributed by atoms with E-state index in [0.29, 0.717) is 30.8 Å². The van der Waals surface area contributed by atoms with E-state index < -0.39 is 15.9 Å². The van der Waals surface area contributed by atoms with E-state index in [0.717, 1.165) is 10.1 Å². The third-order valence-electron chi connectivity index (χ3n) is 5.32. The lowest BCUT2D eigenvalue weighted by Gasteiger charge is -2.31. The van der Waals surface area contributed by atoms with Crippen LogP contribution in [0.4, 0.5) is 5.69 Å².